The van der Waals surface area contributed by atoms with E-state index in [1.807, 2.05) is 0 Å². The molecule has 0 aromatic rings. The smallest absolute Gasteiger partial charge is 0.311 e. The lowest BCUT2D eigenvalue weighted by atomic mass is 9.74. The Morgan fingerprint density at radius 2 is 1.48 bits per heavy atom. The second-order valence-electron chi connectivity index (χ2n) is 9.24. The summed E-state index contributed by atoms with van der Waals surface area (Å²) in [6, 6.07) is 0. The van der Waals surface area contributed by atoms with Crippen LogP contribution in [-0.4, -0.2) is 72.9 Å². The molecule has 0 unspecified atom stereocenters. The summed E-state index contributed by atoms with van der Waals surface area (Å²) in [5, 5.41) is 53.6. The number of hydrogen-bond donors (Lipinski definition) is 5. The molecule has 170 valence electrons. The Kier molecular flexibility index (Phi) is 8.41. The average Bonchev–Trinajstić information content (AvgIpc) is 2.66. The number of aliphatic hydroxyl groups is 5. The number of carbonyl (C=O) groups is 2. The molecule has 0 bridgehead atoms. The number of esters is 1. The van der Waals surface area contributed by atoms with Crippen LogP contribution < -0.4 is 0 Å². The van der Waals surface area contributed by atoms with E-state index in [2.05, 4.69) is 0 Å². The number of cyclic esters (lactones) is 1. The van der Waals surface area contributed by atoms with Crippen LogP contribution in [0.15, 0.2) is 0 Å². The molecule has 5 N–H and O–H groups in total. The van der Waals surface area contributed by atoms with Crippen LogP contribution in [0.25, 0.3) is 0 Å². The number of Topliss-reactive ketones (excluding diaryl/α,β-unsaturated/α-hetero) is 1. The molecule has 29 heavy (non-hydrogen) atoms. The first-order valence-electron chi connectivity index (χ1n) is 10.3. The van der Waals surface area contributed by atoms with Crippen LogP contribution in [0, 0.1) is 23.7 Å². The van der Waals surface area contributed by atoms with Crippen LogP contribution in [0.1, 0.15) is 61.3 Å². The summed E-state index contributed by atoms with van der Waals surface area (Å²) < 4.78 is 5.39. The highest BCUT2D eigenvalue weighted by Crippen LogP contribution is 2.34. The number of carbonyl (C=O) groups excluding carboxylic acids is 2. The van der Waals surface area contributed by atoms with Gasteiger partial charge in [0.15, 0.2) is 0 Å². The molecule has 1 aliphatic heterocycles. The molecule has 10 atom stereocenters. The van der Waals surface area contributed by atoms with Crippen LogP contribution >= 0.6 is 0 Å². The number of hydrogen-bond acceptors (Lipinski definition) is 8. The minimum Gasteiger partial charge on any atom is -0.459 e. The van der Waals surface area contributed by atoms with Crippen LogP contribution in [0.4, 0.5) is 0 Å². The van der Waals surface area contributed by atoms with Crippen molar-refractivity contribution in [3.05, 3.63) is 0 Å². The Balaban J connectivity index is 3.42. The van der Waals surface area contributed by atoms with Crippen molar-refractivity contribution in [1.29, 1.82) is 0 Å². The summed E-state index contributed by atoms with van der Waals surface area (Å²) in [5.74, 6) is -4.86. The van der Waals surface area contributed by atoms with E-state index in [0.717, 1.165) is 0 Å². The van der Waals surface area contributed by atoms with Gasteiger partial charge in [0, 0.05) is 17.8 Å². The Hall–Kier alpha value is -1.06. The molecular formula is C21H38O8. The molecule has 0 aromatic heterocycles. The maximum atomic E-state index is 12.8. The van der Waals surface area contributed by atoms with Crippen molar-refractivity contribution in [1.82, 2.24) is 0 Å². The largest absolute Gasteiger partial charge is 0.459 e. The fourth-order valence-corrected chi connectivity index (χ4v) is 4.35. The molecule has 0 amide bonds. The summed E-state index contributed by atoms with van der Waals surface area (Å²) in [7, 11) is 0. The van der Waals surface area contributed by atoms with Crippen molar-refractivity contribution in [3.8, 4) is 0 Å². The molecule has 0 saturated carbocycles. The first kappa shape index (κ1) is 26.0. The Bertz CT molecular complexity index is 587. The Morgan fingerprint density at radius 1 is 0.966 bits per heavy atom. The van der Waals surface area contributed by atoms with Crippen LogP contribution in [-0.2, 0) is 14.3 Å². The summed E-state index contributed by atoms with van der Waals surface area (Å²) in [4.78, 5) is 25.4. The van der Waals surface area contributed by atoms with Crippen molar-refractivity contribution >= 4 is 11.8 Å². The van der Waals surface area contributed by atoms with E-state index < -0.39 is 71.0 Å². The standard InChI is InChI=1S/C21H38O8/c1-8-14-21(7,28)18(25)11(3)15(22)10(2)9-20(6,27)17(24)12(4)16(23)13(5)19(26)29-14/h10-14,16-18,23-25,27-28H,8-9H2,1-7H3/t10-,11+,12+,13-,14-,16+,17-,18-,20-,21-/m1/s1. The maximum absolute atomic E-state index is 12.8. The van der Waals surface area contributed by atoms with Gasteiger partial charge < -0.3 is 30.3 Å². The van der Waals surface area contributed by atoms with Gasteiger partial charge in [-0.25, -0.2) is 0 Å². The fraction of sp³-hybridized carbons (Fsp3) is 0.905. The van der Waals surface area contributed by atoms with E-state index in [9.17, 15) is 35.1 Å². The topological polar surface area (TPSA) is 145 Å². The van der Waals surface area contributed by atoms with Gasteiger partial charge in [-0.3, -0.25) is 9.59 Å². The van der Waals surface area contributed by atoms with E-state index in [-0.39, 0.29) is 12.8 Å². The lowest BCUT2D eigenvalue weighted by Crippen LogP contribution is -2.57. The number of rotatable bonds is 1. The molecule has 8 nitrogen and oxygen atoms in total. The van der Waals surface area contributed by atoms with Gasteiger partial charge in [-0.05, 0) is 33.6 Å². The predicted octanol–water partition coefficient (Wildman–Crippen LogP) is 0.410. The lowest BCUT2D eigenvalue weighted by Gasteiger charge is -2.41. The normalized spacial score (nSPS) is 48.7. The summed E-state index contributed by atoms with van der Waals surface area (Å²) in [5.41, 5.74) is -3.62. The van der Waals surface area contributed by atoms with Crippen LogP contribution in [0.5, 0.6) is 0 Å². The third kappa shape index (κ3) is 5.35. The third-order valence-corrected chi connectivity index (χ3v) is 6.57. The SMILES string of the molecule is CC[C@H]1OC(=O)[C@H](C)[C@@H](O)[C@H](C)[C@@H](O)[C@](C)(O)C[C@@H](C)C(=O)[C@H](C)[C@@H](O)[C@]1(C)O. The highest BCUT2D eigenvalue weighted by molar-refractivity contribution is 5.83. The molecule has 0 spiro atoms. The van der Waals surface area contributed by atoms with Gasteiger partial charge in [0.1, 0.15) is 17.5 Å². The van der Waals surface area contributed by atoms with E-state index in [1.54, 1.807) is 13.8 Å². The first-order valence-corrected chi connectivity index (χ1v) is 10.3. The van der Waals surface area contributed by atoms with Gasteiger partial charge in [0.05, 0.1) is 29.8 Å². The minimum atomic E-state index is -1.90. The first-order chi connectivity index (χ1) is 13.1. The summed E-state index contributed by atoms with van der Waals surface area (Å²) in [6.45, 7) is 10.3. The third-order valence-electron chi connectivity index (χ3n) is 6.57. The maximum Gasteiger partial charge on any atom is 0.311 e. The van der Waals surface area contributed by atoms with Crippen molar-refractivity contribution in [2.75, 3.05) is 0 Å². The van der Waals surface area contributed by atoms with E-state index in [0.29, 0.717) is 0 Å². The van der Waals surface area contributed by atoms with Gasteiger partial charge >= 0.3 is 5.97 Å². The molecule has 1 rings (SSSR count). The highest BCUT2D eigenvalue weighted by Gasteiger charge is 2.48. The van der Waals surface area contributed by atoms with Crippen molar-refractivity contribution in [2.45, 2.75) is 96.9 Å². The molecule has 0 radical (unpaired) electrons. The van der Waals surface area contributed by atoms with Crippen LogP contribution in [0.3, 0.4) is 0 Å². The van der Waals surface area contributed by atoms with Gasteiger partial charge in [-0.2, -0.15) is 0 Å². The number of ether oxygens (including phenoxy) is 1. The number of ketones is 1. The number of aliphatic hydroxyl groups excluding tert-OH is 3. The second-order valence-corrected chi connectivity index (χ2v) is 9.24. The quantitative estimate of drug-likeness (QED) is 0.385. The average molecular weight is 419 g/mol. The lowest BCUT2D eigenvalue weighted by molar-refractivity contribution is -0.195. The van der Waals surface area contributed by atoms with Gasteiger partial charge in [0.2, 0.25) is 0 Å². The molecule has 8 heteroatoms. The van der Waals surface area contributed by atoms with Gasteiger partial charge in [0.25, 0.3) is 0 Å². The molecule has 0 aromatic carbocycles. The fourth-order valence-electron chi connectivity index (χ4n) is 4.35. The van der Waals surface area contributed by atoms with Crippen molar-refractivity contribution < 1.29 is 39.9 Å². The van der Waals surface area contributed by atoms with Gasteiger partial charge in [-0.1, -0.05) is 27.7 Å². The van der Waals surface area contributed by atoms with E-state index in [4.69, 9.17) is 4.74 Å². The summed E-state index contributed by atoms with van der Waals surface area (Å²) >= 11 is 0. The van der Waals surface area contributed by atoms with Crippen molar-refractivity contribution in [2.24, 2.45) is 23.7 Å². The van der Waals surface area contributed by atoms with Gasteiger partial charge in [-0.15, -0.1) is 0 Å². The highest BCUT2D eigenvalue weighted by atomic mass is 16.6. The zero-order valence-electron chi connectivity index (χ0n) is 18.5. The molecule has 1 heterocycles. The van der Waals surface area contributed by atoms with Crippen molar-refractivity contribution in [3.63, 3.8) is 0 Å². The Labute approximate surface area is 172 Å². The van der Waals surface area contributed by atoms with E-state index >= 15 is 0 Å². The predicted molar refractivity (Wildman–Crippen MR) is 106 cm³/mol. The van der Waals surface area contributed by atoms with Crippen LogP contribution in [0.2, 0.25) is 0 Å². The molecule has 1 fully saturated rings. The monoisotopic (exact) mass is 418 g/mol. The molecule has 0 aliphatic carbocycles. The molecule has 1 saturated heterocycles. The minimum absolute atomic E-state index is 0.112. The zero-order chi connectivity index (χ0) is 22.9. The zero-order valence-corrected chi connectivity index (χ0v) is 18.5. The molecular weight excluding hydrogens is 380 g/mol. The Morgan fingerprint density at radius 3 is 1.97 bits per heavy atom. The molecule has 1 aliphatic rings. The second kappa shape index (κ2) is 9.39. The summed E-state index contributed by atoms with van der Waals surface area (Å²) in [6.07, 6.45) is -5.29. The van der Waals surface area contributed by atoms with E-state index in [1.165, 1.54) is 34.6 Å².